The summed E-state index contributed by atoms with van der Waals surface area (Å²) in [7, 11) is 0. The molecule has 2 heterocycles. The van der Waals surface area contributed by atoms with Gasteiger partial charge in [-0.15, -0.1) is 0 Å². The number of imidazole rings is 1. The summed E-state index contributed by atoms with van der Waals surface area (Å²) in [4.78, 5) is 31.1. The van der Waals surface area contributed by atoms with Crippen molar-refractivity contribution in [2.45, 2.75) is 31.8 Å². The molecule has 2 bridgehead atoms. The number of rotatable bonds is 4. The lowest BCUT2D eigenvalue weighted by Crippen LogP contribution is -2.40. The van der Waals surface area contributed by atoms with Gasteiger partial charge in [0.1, 0.15) is 0 Å². The van der Waals surface area contributed by atoms with Crippen molar-refractivity contribution in [2.24, 2.45) is 5.92 Å². The summed E-state index contributed by atoms with van der Waals surface area (Å²) in [5.41, 5.74) is 2.33. The van der Waals surface area contributed by atoms with Crippen LogP contribution in [0.2, 0.25) is 0 Å². The summed E-state index contributed by atoms with van der Waals surface area (Å²) >= 11 is 0. The van der Waals surface area contributed by atoms with E-state index in [0.29, 0.717) is 19.1 Å². The molecular formula is C16H20N4O2. The van der Waals surface area contributed by atoms with Gasteiger partial charge in [-0.2, -0.15) is 0 Å². The van der Waals surface area contributed by atoms with Gasteiger partial charge < -0.3 is 15.3 Å². The first kappa shape index (κ1) is 13.6. The molecule has 1 aromatic carbocycles. The maximum Gasteiger partial charge on any atom is 0.323 e. The molecule has 2 fully saturated rings. The highest BCUT2D eigenvalue weighted by atomic mass is 16.2. The second kappa shape index (κ2) is 5.28. The Bertz CT molecular complexity index is 763. The number of likely N-dealkylation sites (tertiary alicyclic amines) is 1. The first-order chi connectivity index (χ1) is 10.7. The van der Waals surface area contributed by atoms with Gasteiger partial charge in [0.05, 0.1) is 17.6 Å². The number of nitrogens with zero attached hydrogens (tertiary/aromatic N) is 1. The number of aromatic amines is 2. The van der Waals surface area contributed by atoms with Crippen LogP contribution >= 0.6 is 0 Å². The lowest BCUT2D eigenvalue weighted by Gasteiger charge is -2.25. The molecule has 1 aliphatic carbocycles. The zero-order valence-corrected chi connectivity index (χ0v) is 12.4. The predicted octanol–water partition coefficient (Wildman–Crippen LogP) is 0.957. The third-order valence-corrected chi connectivity index (χ3v) is 4.94. The molecule has 1 amide bonds. The average Bonchev–Trinajstić information content (AvgIpc) is 3.18. The predicted molar refractivity (Wildman–Crippen MR) is 83.5 cm³/mol. The number of piperidine rings is 1. The van der Waals surface area contributed by atoms with Crippen molar-refractivity contribution >= 4 is 16.9 Å². The number of carbonyl (C=O) groups is 1. The smallest absolute Gasteiger partial charge is 0.323 e. The van der Waals surface area contributed by atoms with E-state index in [-0.39, 0.29) is 11.6 Å². The molecule has 6 nitrogen and oxygen atoms in total. The van der Waals surface area contributed by atoms with Crippen LogP contribution in [0.15, 0.2) is 23.0 Å². The van der Waals surface area contributed by atoms with Crippen LogP contribution in [0.5, 0.6) is 0 Å². The fourth-order valence-electron chi connectivity index (χ4n) is 3.85. The Labute approximate surface area is 127 Å². The van der Waals surface area contributed by atoms with Gasteiger partial charge in [-0.25, -0.2) is 4.79 Å². The average molecular weight is 300 g/mol. The number of hydrogen-bond donors (Lipinski definition) is 3. The molecule has 0 radical (unpaired) electrons. The molecule has 2 atom stereocenters. The van der Waals surface area contributed by atoms with Crippen molar-refractivity contribution in [1.82, 2.24) is 20.2 Å². The van der Waals surface area contributed by atoms with Crippen LogP contribution in [-0.4, -0.2) is 39.9 Å². The van der Waals surface area contributed by atoms with Gasteiger partial charge in [0.15, 0.2) is 0 Å². The van der Waals surface area contributed by atoms with Crippen molar-refractivity contribution in [3.8, 4) is 0 Å². The van der Waals surface area contributed by atoms with Crippen LogP contribution in [0.3, 0.4) is 0 Å². The summed E-state index contributed by atoms with van der Waals surface area (Å²) in [6, 6.07) is 6.29. The summed E-state index contributed by atoms with van der Waals surface area (Å²) in [6.07, 6.45) is 3.85. The lowest BCUT2D eigenvalue weighted by molar-refractivity contribution is -0.122. The highest BCUT2D eigenvalue weighted by molar-refractivity contribution is 5.78. The summed E-state index contributed by atoms with van der Waals surface area (Å²) in [5.74, 6) is 0.890. The number of H-pyrrole nitrogens is 2. The molecular weight excluding hydrogens is 280 g/mol. The van der Waals surface area contributed by atoms with Crippen LogP contribution in [-0.2, 0) is 11.3 Å². The van der Waals surface area contributed by atoms with E-state index in [2.05, 4.69) is 20.2 Å². The summed E-state index contributed by atoms with van der Waals surface area (Å²) < 4.78 is 0. The van der Waals surface area contributed by atoms with Gasteiger partial charge in [0, 0.05) is 19.1 Å². The normalized spacial score (nSPS) is 24.2. The largest absolute Gasteiger partial charge is 0.351 e. The highest BCUT2D eigenvalue weighted by Crippen LogP contribution is 2.36. The van der Waals surface area contributed by atoms with Crippen molar-refractivity contribution in [1.29, 1.82) is 0 Å². The van der Waals surface area contributed by atoms with E-state index in [1.54, 1.807) is 0 Å². The molecule has 3 N–H and O–H groups in total. The number of aromatic nitrogens is 2. The minimum Gasteiger partial charge on any atom is -0.351 e. The topological polar surface area (TPSA) is 81.0 Å². The number of carbonyl (C=O) groups excluding carboxylic acids is 1. The number of fused-ring (bicyclic) bond motifs is 3. The van der Waals surface area contributed by atoms with Crippen LogP contribution in [0, 0.1) is 5.92 Å². The minimum absolute atomic E-state index is 0.0789. The Morgan fingerprint density at radius 2 is 2.14 bits per heavy atom. The number of amides is 1. The maximum atomic E-state index is 12.1. The summed E-state index contributed by atoms with van der Waals surface area (Å²) in [5, 5.41) is 2.97. The van der Waals surface area contributed by atoms with Crippen molar-refractivity contribution in [3.05, 3.63) is 34.2 Å². The third kappa shape index (κ3) is 2.54. The van der Waals surface area contributed by atoms with E-state index in [9.17, 15) is 9.59 Å². The Morgan fingerprint density at radius 1 is 1.27 bits per heavy atom. The van der Waals surface area contributed by atoms with Crippen LogP contribution in [0.4, 0.5) is 0 Å². The van der Waals surface area contributed by atoms with Crippen molar-refractivity contribution < 1.29 is 4.79 Å². The molecule has 2 aliphatic rings. The molecule has 4 rings (SSSR count). The van der Waals surface area contributed by atoms with Crippen LogP contribution < -0.4 is 11.0 Å². The van der Waals surface area contributed by atoms with Gasteiger partial charge in [0.2, 0.25) is 5.91 Å². The van der Waals surface area contributed by atoms with E-state index in [0.717, 1.165) is 29.1 Å². The van der Waals surface area contributed by atoms with E-state index >= 15 is 0 Å². The second-order valence-electron chi connectivity index (χ2n) is 6.50. The Kier molecular flexibility index (Phi) is 3.26. The monoisotopic (exact) mass is 300 g/mol. The Morgan fingerprint density at radius 3 is 2.91 bits per heavy atom. The zero-order chi connectivity index (χ0) is 15.1. The zero-order valence-electron chi connectivity index (χ0n) is 12.4. The minimum atomic E-state index is -0.208. The molecule has 0 unspecified atom stereocenters. The number of nitrogens with one attached hydrogen (secondary N) is 3. The fraction of sp³-hybridized carbons (Fsp3) is 0.500. The molecule has 116 valence electrons. The summed E-state index contributed by atoms with van der Waals surface area (Å²) in [6.45, 7) is 2.07. The molecule has 22 heavy (non-hydrogen) atoms. The first-order valence-corrected chi connectivity index (χ1v) is 7.89. The molecule has 1 aromatic heterocycles. The molecule has 1 saturated heterocycles. The standard InChI is InChI=1S/C16H20N4O2/c21-15(9-20-8-11-1-3-12(20)5-11)17-7-10-2-4-13-14(6-10)19-16(22)18-13/h2,4,6,11-12H,1,3,5,7-9H2,(H,17,21)(H2,18,19,22)/t11-,12+/m1/s1. The van der Waals surface area contributed by atoms with Gasteiger partial charge in [-0.1, -0.05) is 6.07 Å². The Balaban J connectivity index is 1.34. The lowest BCUT2D eigenvalue weighted by atomic mass is 10.1. The van der Waals surface area contributed by atoms with E-state index < -0.39 is 0 Å². The van der Waals surface area contributed by atoms with Crippen LogP contribution in [0.1, 0.15) is 24.8 Å². The van der Waals surface area contributed by atoms with E-state index in [1.807, 2.05) is 18.2 Å². The van der Waals surface area contributed by atoms with Crippen molar-refractivity contribution in [3.63, 3.8) is 0 Å². The molecule has 1 aliphatic heterocycles. The van der Waals surface area contributed by atoms with Gasteiger partial charge in [-0.05, 0) is 42.9 Å². The van der Waals surface area contributed by atoms with Gasteiger partial charge in [0.25, 0.3) is 0 Å². The molecule has 0 spiro atoms. The first-order valence-electron chi connectivity index (χ1n) is 7.89. The third-order valence-electron chi connectivity index (χ3n) is 4.94. The van der Waals surface area contributed by atoms with Crippen LogP contribution in [0.25, 0.3) is 11.0 Å². The number of benzene rings is 1. The highest BCUT2D eigenvalue weighted by Gasteiger charge is 2.38. The SMILES string of the molecule is O=C(CN1C[C@@H]2CC[C@H]1C2)NCc1ccc2[nH]c(=O)[nH]c2c1. The Hall–Kier alpha value is -2.08. The number of hydrogen-bond acceptors (Lipinski definition) is 3. The second-order valence-corrected chi connectivity index (χ2v) is 6.50. The van der Waals surface area contributed by atoms with Gasteiger partial charge in [-0.3, -0.25) is 9.69 Å². The maximum absolute atomic E-state index is 12.1. The van der Waals surface area contributed by atoms with E-state index in [4.69, 9.17) is 0 Å². The molecule has 1 saturated carbocycles. The molecule has 6 heteroatoms. The van der Waals surface area contributed by atoms with Gasteiger partial charge >= 0.3 is 5.69 Å². The van der Waals surface area contributed by atoms with Crippen molar-refractivity contribution in [2.75, 3.05) is 13.1 Å². The molecule has 2 aromatic rings. The van der Waals surface area contributed by atoms with E-state index in [1.165, 1.54) is 19.3 Å². The quantitative estimate of drug-likeness (QED) is 0.786. The fourth-order valence-corrected chi connectivity index (χ4v) is 3.85.